The zero-order valence-corrected chi connectivity index (χ0v) is 15.4. The van der Waals surface area contributed by atoms with Crippen LogP contribution in [0.1, 0.15) is 48.9 Å². The van der Waals surface area contributed by atoms with E-state index in [9.17, 15) is 14.4 Å². The second-order valence-electron chi connectivity index (χ2n) is 6.68. The van der Waals surface area contributed by atoms with Crippen LogP contribution >= 0.6 is 0 Å². The highest BCUT2D eigenvalue weighted by Gasteiger charge is 2.20. The van der Waals surface area contributed by atoms with E-state index in [0.29, 0.717) is 51.0 Å². The summed E-state index contributed by atoms with van der Waals surface area (Å²) in [5.74, 6) is -0.277. The van der Waals surface area contributed by atoms with Gasteiger partial charge in [0.2, 0.25) is 5.91 Å². The summed E-state index contributed by atoms with van der Waals surface area (Å²) in [7, 11) is 0. The summed E-state index contributed by atoms with van der Waals surface area (Å²) in [4.78, 5) is 37.6. The maximum absolute atomic E-state index is 12.3. The van der Waals surface area contributed by atoms with E-state index in [4.69, 9.17) is 10.3 Å². The zero-order valence-electron chi connectivity index (χ0n) is 15.4. The molecule has 1 aliphatic heterocycles. The van der Waals surface area contributed by atoms with Crippen molar-refractivity contribution in [2.45, 2.75) is 38.5 Å². The Kier molecular flexibility index (Phi) is 8.06. The molecule has 27 heavy (non-hydrogen) atoms. The largest absolute Gasteiger partial charge is 0.465 e. The molecule has 1 fully saturated rings. The summed E-state index contributed by atoms with van der Waals surface area (Å²) in [5.41, 5.74) is 3.29. The van der Waals surface area contributed by atoms with E-state index < -0.39 is 6.09 Å². The van der Waals surface area contributed by atoms with Crippen LogP contribution in [0.4, 0.5) is 10.5 Å². The first kappa shape index (κ1) is 20.7. The number of carbonyl (C=O) groups excluding carboxylic acids is 2. The number of ketones is 1. The average molecular weight is 377 g/mol. The quantitative estimate of drug-likeness (QED) is 0.264. The summed E-state index contributed by atoms with van der Waals surface area (Å²) < 4.78 is 0. The van der Waals surface area contributed by atoms with Gasteiger partial charge in [-0.3, -0.25) is 14.8 Å². The fourth-order valence-electron chi connectivity index (χ4n) is 3.14. The third kappa shape index (κ3) is 6.56. The molecule has 0 bridgehead atoms. The molecule has 0 spiro atoms. The molecule has 0 aromatic heterocycles. The molecule has 148 valence electrons. The van der Waals surface area contributed by atoms with Crippen LogP contribution in [0, 0.1) is 0 Å². The van der Waals surface area contributed by atoms with Crippen molar-refractivity contribution in [3.63, 3.8) is 0 Å². The molecule has 2 rings (SSSR count). The number of rotatable bonds is 9. The van der Waals surface area contributed by atoms with Crippen LogP contribution in [0.15, 0.2) is 24.3 Å². The molecule has 0 unspecified atom stereocenters. The zero-order chi connectivity index (χ0) is 19.6. The predicted octanol–water partition coefficient (Wildman–Crippen LogP) is 2.52. The number of hydroxylamine groups is 1. The first-order chi connectivity index (χ1) is 13.0. The first-order valence-electron chi connectivity index (χ1n) is 9.30. The van der Waals surface area contributed by atoms with Crippen molar-refractivity contribution in [3.05, 3.63) is 29.8 Å². The number of piperazine rings is 1. The molecular formula is C19H27N3O5. The normalized spacial score (nSPS) is 14.1. The Morgan fingerprint density at radius 2 is 1.48 bits per heavy atom. The molecule has 1 saturated heterocycles. The summed E-state index contributed by atoms with van der Waals surface area (Å²) in [6, 6.07) is 7.48. The van der Waals surface area contributed by atoms with Crippen LogP contribution in [0.5, 0.6) is 0 Å². The fraction of sp³-hybridized carbons (Fsp3) is 0.526. The molecular weight excluding hydrogens is 350 g/mol. The van der Waals surface area contributed by atoms with Crippen LogP contribution in [-0.4, -0.2) is 59.2 Å². The van der Waals surface area contributed by atoms with Crippen LogP contribution < -0.4 is 10.4 Å². The Morgan fingerprint density at radius 1 is 0.889 bits per heavy atom. The standard InChI is InChI=1S/C19H27N3O5/c23-17(5-3-1-2-4-6-18(24)20-27)15-7-9-16(10-8-15)21-11-13-22(14-12-21)19(25)26/h7-10,27H,1-6,11-14H2,(H,20,24)(H,25,26). The number of carboxylic acid groups (broad SMARTS) is 1. The predicted molar refractivity (Wildman–Crippen MR) is 100 cm³/mol. The van der Waals surface area contributed by atoms with E-state index in [1.54, 1.807) is 5.48 Å². The molecule has 1 aromatic carbocycles. The molecule has 3 N–H and O–H groups in total. The Hall–Kier alpha value is -2.61. The number of carbonyl (C=O) groups is 3. The van der Waals surface area contributed by atoms with Gasteiger partial charge in [-0.2, -0.15) is 0 Å². The van der Waals surface area contributed by atoms with E-state index >= 15 is 0 Å². The van der Waals surface area contributed by atoms with E-state index in [1.165, 1.54) is 4.90 Å². The molecule has 0 saturated carbocycles. The highest BCUT2D eigenvalue weighted by Crippen LogP contribution is 2.19. The van der Waals surface area contributed by atoms with Gasteiger partial charge in [0.25, 0.3) is 0 Å². The molecule has 1 aromatic rings. The van der Waals surface area contributed by atoms with Crippen LogP contribution in [-0.2, 0) is 4.79 Å². The van der Waals surface area contributed by atoms with E-state index in [-0.39, 0.29) is 11.7 Å². The van der Waals surface area contributed by atoms with Gasteiger partial charge in [0.1, 0.15) is 0 Å². The van der Waals surface area contributed by atoms with Gasteiger partial charge in [0.05, 0.1) is 0 Å². The van der Waals surface area contributed by atoms with Crippen LogP contribution in [0.3, 0.4) is 0 Å². The molecule has 1 heterocycles. The number of unbranched alkanes of at least 4 members (excludes halogenated alkanes) is 3. The number of hydrogen-bond acceptors (Lipinski definition) is 5. The highest BCUT2D eigenvalue weighted by atomic mass is 16.5. The maximum Gasteiger partial charge on any atom is 0.407 e. The summed E-state index contributed by atoms with van der Waals surface area (Å²) in [6.45, 7) is 2.26. The fourth-order valence-corrected chi connectivity index (χ4v) is 3.14. The van der Waals surface area contributed by atoms with Crippen molar-refractivity contribution in [2.75, 3.05) is 31.1 Å². The molecule has 8 heteroatoms. The van der Waals surface area contributed by atoms with Crippen molar-refractivity contribution in [1.29, 1.82) is 0 Å². The van der Waals surface area contributed by atoms with Gasteiger partial charge in [0.15, 0.2) is 5.78 Å². The van der Waals surface area contributed by atoms with Gasteiger partial charge in [0, 0.05) is 50.3 Å². The van der Waals surface area contributed by atoms with Crippen molar-refractivity contribution < 1.29 is 24.7 Å². The summed E-state index contributed by atoms with van der Waals surface area (Å²) in [5, 5.41) is 17.4. The van der Waals surface area contributed by atoms with Crippen molar-refractivity contribution in [3.8, 4) is 0 Å². The lowest BCUT2D eigenvalue weighted by Crippen LogP contribution is -2.48. The number of hydrogen-bond donors (Lipinski definition) is 3. The lowest BCUT2D eigenvalue weighted by molar-refractivity contribution is -0.129. The molecule has 1 aliphatic rings. The Morgan fingerprint density at radius 3 is 2.04 bits per heavy atom. The second kappa shape index (κ2) is 10.5. The molecule has 2 amide bonds. The van der Waals surface area contributed by atoms with Gasteiger partial charge in [-0.05, 0) is 37.1 Å². The van der Waals surface area contributed by atoms with E-state index in [1.807, 2.05) is 24.3 Å². The maximum atomic E-state index is 12.3. The van der Waals surface area contributed by atoms with Gasteiger partial charge in [-0.25, -0.2) is 10.3 Å². The second-order valence-corrected chi connectivity index (χ2v) is 6.68. The SMILES string of the molecule is O=C(CCCCCCC(=O)c1ccc(N2CCN(C(=O)O)CC2)cc1)NO. The third-order valence-electron chi connectivity index (χ3n) is 4.79. The van der Waals surface area contributed by atoms with Gasteiger partial charge in [-0.15, -0.1) is 0 Å². The lowest BCUT2D eigenvalue weighted by Gasteiger charge is -2.34. The van der Waals surface area contributed by atoms with Crippen molar-refractivity contribution in [1.82, 2.24) is 10.4 Å². The van der Waals surface area contributed by atoms with Crippen molar-refractivity contribution in [2.24, 2.45) is 0 Å². The average Bonchev–Trinajstić information content (AvgIpc) is 2.70. The third-order valence-corrected chi connectivity index (χ3v) is 4.79. The minimum absolute atomic E-state index is 0.102. The monoisotopic (exact) mass is 377 g/mol. The highest BCUT2D eigenvalue weighted by molar-refractivity contribution is 5.96. The first-order valence-corrected chi connectivity index (χ1v) is 9.30. The number of benzene rings is 1. The number of amides is 2. The summed E-state index contributed by atoms with van der Waals surface area (Å²) >= 11 is 0. The Labute approximate surface area is 158 Å². The molecule has 8 nitrogen and oxygen atoms in total. The van der Waals surface area contributed by atoms with E-state index in [2.05, 4.69) is 4.90 Å². The molecule has 0 aliphatic carbocycles. The Balaban J connectivity index is 1.71. The number of nitrogens with one attached hydrogen (secondary N) is 1. The molecule has 0 atom stereocenters. The topological polar surface area (TPSA) is 110 Å². The van der Waals surface area contributed by atoms with Gasteiger partial charge < -0.3 is 14.9 Å². The Bertz CT molecular complexity index is 639. The van der Waals surface area contributed by atoms with Crippen molar-refractivity contribution >= 4 is 23.5 Å². The van der Waals surface area contributed by atoms with E-state index in [0.717, 1.165) is 24.9 Å². The lowest BCUT2D eigenvalue weighted by atomic mass is 10.0. The van der Waals surface area contributed by atoms with Crippen LogP contribution in [0.2, 0.25) is 0 Å². The summed E-state index contributed by atoms with van der Waals surface area (Å²) in [6.07, 6.45) is 3.09. The number of anilines is 1. The minimum atomic E-state index is -0.882. The minimum Gasteiger partial charge on any atom is -0.465 e. The smallest absolute Gasteiger partial charge is 0.407 e. The number of nitrogens with zero attached hydrogens (tertiary/aromatic N) is 2. The van der Waals surface area contributed by atoms with Gasteiger partial charge in [-0.1, -0.05) is 12.8 Å². The number of Topliss-reactive ketones (excluding diaryl/α,β-unsaturated/α-hetero) is 1. The van der Waals surface area contributed by atoms with Crippen LogP contribution in [0.25, 0.3) is 0 Å². The van der Waals surface area contributed by atoms with Gasteiger partial charge >= 0.3 is 6.09 Å². The molecule has 0 radical (unpaired) electrons.